The summed E-state index contributed by atoms with van der Waals surface area (Å²) in [6, 6.07) is 15.6. The lowest BCUT2D eigenvalue weighted by Crippen LogP contribution is -1.89. The number of halogens is 1. The van der Waals surface area contributed by atoms with Gasteiger partial charge in [0, 0.05) is 32.1 Å². The molecule has 3 aromatic rings. The molecular formula is C15H11ClN2S. The van der Waals surface area contributed by atoms with Crippen molar-refractivity contribution in [1.82, 2.24) is 4.98 Å². The predicted molar refractivity (Wildman–Crippen MR) is 81.7 cm³/mol. The van der Waals surface area contributed by atoms with E-state index in [2.05, 4.69) is 4.98 Å². The largest absolute Gasteiger partial charge is 0.398 e. The van der Waals surface area contributed by atoms with Gasteiger partial charge >= 0.3 is 0 Å². The zero-order chi connectivity index (χ0) is 13.2. The molecule has 0 atom stereocenters. The number of aromatic nitrogens is 1. The minimum atomic E-state index is 0.740. The van der Waals surface area contributed by atoms with Crippen LogP contribution in [0, 0.1) is 0 Å². The van der Waals surface area contributed by atoms with Crippen LogP contribution in [0.3, 0.4) is 0 Å². The fourth-order valence-electron chi connectivity index (χ4n) is 1.88. The minimum Gasteiger partial charge on any atom is -0.398 e. The third-order valence-corrected chi connectivity index (χ3v) is 4.12. The van der Waals surface area contributed by atoms with Crippen molar-refractivity contribution in [2.45, 2.75) is 9.79 Å². The summed E-state index contributed by atoms with van der Waals surface area (Å²) in [6.07, 6.45) is 1.79. The average molecular weight is 287 g/mol. The van der Waals surface area contributed by atoms with Crippen molar-refractivity contribution in [2.24, 2.45) is 0 Å². The predicted octanol–water partition coefficient (Wildman–Crippen LogP) is 4.62. The lowest BCUT2D eigenvalue weighted by atomic mass is 10.2. The summed E-state index contributed by atoms with van der Waals surface area (Å²) in [5, 5.41) is 1.73. The number of pyridine rings is 1. The van der Waals surface area contributed by atoms with Crippen LogP contribution in [0.25, 0.3) is 10.9 Å². The third kappa shape index (κ3) is 2.53. The van der Waals surface area contributed by atoms with E-state index in [1.807, 2.05) is 48.5 Å². The Morgan fingerprint density at radius 3 is 2.58 bits per heavy atom. The van der Waals surface area contributed by atoms with Gasteiger partial charge in [-0.25, -0.2) is 0 Å². The maximum Gasteiger partial charge on any atom is 0.0861 e. The Bertz CT molecular complexity index is 726. The number of hydrogen-bond acceptors (Lipinski definition) is 3. The van der Waals surface area contributed by atoms with Gasteiger partial charge in [-0.3, -0.25) is 4.98 Å². The number of fused-ring (bicyclic) bond motifs is 1. The van der Waals surface area contributed by atoms with E-state index >= 15 is 0 Å². The second kappa shape index (κ2) is 5.11. The van der Waals surface area contributed by atoms with Crippen LogP contribution < -0.4 is 5.73 Å². The Kier molecular flexibility index (Phi) is 3.32. The standard InChI is InChI=1S/C15H11ClN2S/c16-10-3-5-11(6-4-10)19-14-8-7-13(17)12-2-1-9-18-15(12)14/h1-9H,17H2. The van der Waals surface area contributed by atoms with E-state index in [1.54, 1.807) is 18.0 Å². The number of benzene rings is 2. The van der Waals surface area contributed by atoms with Crippen molar-refractivity contribution in [3.63, 3.8) is 0 Å². The number of hydrogen-bond donors (Lipinski definition) is 1. The van der Waals surface area contributed by atoms with Crippen LogP contribution in [0.1, 0.15) is 0 Å². The van der Waals surface area contributed by atoms with Gasteiger partial charge in [0.1, 0.15) is 0 Å². The van der Waals surface area contributed by atoms with Crippen LogP contribution in [0.15, 0.2) is 64.5 Å². The molecule has 0 aliphatic carbocycles. The molecule has 19 heavy (non-hydrogen) atoms. The summed E-state index contributed by atoms with van der Waals surface area (Å²) >= 11 is 7.55. The van der Waals surface area contributed by atoms with E-state index in [0.29, 0.717) is 0 Å². The van der Waals surface area contributed by atoms with Gasteiger partial charge in [0.15, 0.2) is 0 Å². The van der Waals surface area contributed by atoms with Crippen molar-refractivity contribution in [3.05, 3.63) is 59.8 Å². The zero-order valence-corrected chi connectivity index (χ0v) is 11.6. The lowest BCUT2D eigenvalue weighted by molar-refractivity contribution is 1.34. The smallest absolute Gasteiger partial charge is 0.0861 e. The highest BCUT2D eigenvalue weighted by Crippen LogP contribution is 2.34. The number of rotatable bonds is 2. The first-order valence-electron chi connectivity index (χ1n) is 5.81. The maximum atomic E-state index is 5.97. The molecule has 0 amide bonds. The van der Waals surface area contributed by atoms with Crippen LogP contribution in [-0.2, 0) is 0 Å². The topological polar surface area (TPSA) is 38.9 Å². The number of anilines is 1. The molecule has 4 heteroatoms. The maximum absolute atomic E-state index is 5.97. The second-order valence-corrected chi connectivity index (χ2v) is 5.66. The minimum absolute atomic E-state index is 0.740. The molecule has 0 spiro atoms. The van der Waals surface area contributed by atoms with Gasteiger partial charge in [0.05, 0.1) is 5.52 Å². The summed E-state index contributed by atoms with van der Waals surface area (Å²) in [4.78, 5) is 6.64. The van der Waals surface area contributed by atoms with E-state index in [1.165, 1.54) is 0 Å². The summed E-state index contributed by atoms with van der Waals surface area (Å²) in [6.45, 7) is 0. The summed E-state index contributed by atoms with van der Waals surface area (Å²) in [5.74, 6) is 0. The molecule has 0 radical (unpaired) electrons. The molecular weight excluding hydrogens is 276 g/mol. The molecule has 2 nitrogen and oxygen atoms in total. The molecule has 0 saturated carbocycles. The molecule has 0 bridgehead atoms. The molecule has 0 saturated heterocycles. The Labute approximate surface area is 120 Å². The van der Waals surface area contributed by atoms with Crippen LogP contribution in [0.2, 0.25) is 5.02 Å². The quantitative estimate of drug-likeness (QED) is 0.699. The third-order valence-electron chi connectivity index (χ3n) is 2.81. The van der Waals surface area contributed by atoms with Crippen LogP contribution in [-0.4, -0.2) is 4.98 Å². The number of nitrogens with two attached hydrogens (primary N) is 1. The fourth-order valence-corrected chi connectivity index (χ4v) is 2.93. The SMILES string of the molecule is Nc1ccc(Sc2ccc(Cl)cc2)c2ncccc12. The van der Waals surface area contributed by atoms with E-state index in [9.17, 15) is 0 Å². The second-order valence-electron chi connectivity index (χ2n) is 4.11. The van der Waals surface area contributed by atoms with Gasteiger partial charge in [-0.2, -0.15) is 0 Å². The first kappa shape index (κ1) is 12.3. The molecule has 2 N–H and O–H groups in total. The highest BCUT2D eigenvalue weighted by molar-refractivity contribution is 7.99. The molecule has 0 aliphatic rings. The Morgan fingerprint density at radius 2 is 1.79 bits per heavy atom. The van der Waals surface area contributed by atoms with Crippen LogP contribution >= 0.6 is 23.4 Å². The normalized spacial score (nSPS) is 10.8. The van der Waals surface area contributed by atoms with Crippen molar-refractivity contribution in [1.29, 1.82) is 0 Å². The molecule has 94 valence electrons. The lowest BCUT2D eigenvalue weighted by Gasteiger charge is -2.07. The Morgan fingerprint density at radius 1 is 1.00 bits per heavy atom. The molecule has 0 unspecified atom stereocenters. The molecule has 3 rings (SSSR count). The van der Waals surface area contributed by atoms with Crippen molar-refractivity contribution in [3.8, 4) is 0 Å². The van der Waals surface area contributed by atoms with Gasteiger partial charge in [0.25, 0.3) is 0 Å². The monoisotopic (exact) mass is 286 g/mol. The number of nitrogen functional groups attached to an aromatic ring is 1. The van der Waals surface area contributed by atoms with Gasteiger partial charge in [-0.15, -0.1) is 0 Å². The van der Waals surface area contributed by atoms with Gasteiger partial charge < -0.3 is 5.73 Å². The van der Waals surface area contributed by atoms with Crippen molar-refractivity contribution < 1.29 is 0 Å². The molecule has 1 heterocycles. The Balaban J connectivity index is 2.06. The molecule has 1 aromatic heterocycles. The van der Waals surface area contributed by atoms with Crippen LogP contribution in [0.4, 0.5) is 5.69 Å². The summed E-state index contributed by atoms with van der Waals surface area (Å²) in [5.41, 5.74) is 7.66. The first-order valence-corrected chi connectivity index (χ1v) is 7.00. The van der Waals surface area contributed by atoms with Crippen molar-refractivity contribution in [2.75, 3.05) is 5.73 Å². The van der Waals surface area contributed by atoms with Crippen LogP contribution in [0.5, 0.6) is 0 Å². The Hall–Kier alpha value is -1.71. The zero-order valence-electron chi connectivity index (χ0n) is 10.0. The molecule has 0 fully saturated rings. The molecule has 2 aromatic carbocycles. The first-order chi connectivity index (χ1) is 9.24. The van der Waals surface area contributed by atoms with Gasteiger partial charge in [0.2, 0.25) is 0 Å². The summed E-state index contributed by atoms with van der Waals surface area (Å²) in [7, 11) is 0. The van der Waals surface area contributed by atoms with Crippen molar-refractivity contribution >= 4 is 40.0 Å². The van der Waals surface area contributed by atoms with E-state index in [4.69, 9.17) is 17.3 Å². The fraction of sp³-hybridized carbons (Fsp3) is 0. The van der Waals surface area contributed by atoms with Gasteiger partial charge in [-0.05, 0) is 48.5 Å². The van der Waals surface area contributed by atoms with Gasteiger partial charge in [-0.1, -0.05) is 23.4 Å². The number of nitrogens with zero attached hydrogens (tertiary/aromatic N) is 1. The highest BCUT2D eigenvalue weighted by Gasteiger charge is 2.06. The molecule has 0 aliphatic heterocycles. The van der Waals surface area contributed by atoms with E-state index in [-0.39, 0.29) is 0 Å². The van der Waals surface area contributed by atoms with E-state index < -0.39 is 0 Å². The average Bonchev–Trinajstić information content (AvgIpc) is 2.45. The highest BCUT2D eigenvalue weighted by atomic mass is 35.5. The van der Waals surface area contributed by atoms with E-state index in [0.717, 1.165) is 31.4 Å². The summed E-state index contributed by atoms with van der Waals surface area (Å²) < 4.78 is 0.